The van der Waals surface area contributed by atoms with Crippen LogP contribution in [0.5, 0.6) is 5.75 Å². The Morgan fingerprint density at radius 1 is 1.16 bits per heavy atom. The van der Waals surface area contributed by atoms with E-state index in [9.17, 15) is 5.11 Å². The summed E-state index contributed by atoms with van der Waals surface area (Å²) in [7, 11) is 2.06. The van der Waals surface area contributed by atoms with Gasteiger partial charge in [-0.1, -0.05) is 12.1 Å². The number of morpholine rings is 1. The number of rotatable bonds is 9. The maximum Gasteiger partial charge on any atom is 0.132 e. The third kappa shape index (κ3) is 6.38. The van der Waals surface area contributed by atoms with E-state index in [-0.39, 0.29) is 0 Å². The summed E-state index contributed by atoms with van der Waals surface area (Å²) in [4.78, 5) is 15.2. The lowest BCUT2D eigenvalue weighted by Gasteiger charge is -2.29. The Hall–Kier alpha value is -2.26. The molecule has 2 fully saturated rings. The highest BCUT2D eigenvalue weighted by atomic mass is 16.5. The SMILES string of the molecule is Cc1cc(N2CCC(O)(CN(C)Cc3ccc(OCCN4CCOCC4)cc3)C2)ncn1. The molecule has 0 radical (unpaired) electrons. The molecule has 0 aliphatic carbocycles. The summed E-state index contributed by atoms with van der Waals surface area (Å²) >= 11 is 0. The maximum atomic E-state index is 11.1. The van der Waals surface area contributed by atoms with Crippen molar-refractivity contribution in [2.45, 2.75) is 25.5 Å². The Balaban J connectivity index is 1.22. The summed E-state index contributed by atoms with van der Waals surface area (Å²) in [6.45, 7) is 9.96. The third-order valence-corrected chi connectivity index (χ3v) is 6.17. The van der Waals surface area contributed by atoms with Crippen LogP contribution in [-0.4, -0.2) is 96.6 Å². The molecule has 1 N–H and O–H groups in total. The number of likely N-dealkylation sites (N-methyl/N-ethyl adjacent to an activating group) is 1. The van der Waals surface area contributed by atoms with Gasteiger partial charge in [0, 0.05) is 57.6 Å². The van der Waals surface area contributed by atoms with Crippen molar-refractivity contribution in [1.29, 1.82) is 0 Å². The van der Waals surface area contributed by atoms with Crippen LogP contribution in [0.3, 0.4) is 0 Å². The highest BCUT2D eigenvalue weighted by Gasteiger charge is 2.37. The van der Waals surface area contributed by atoms with E-state index in [1.54, 1.807) is 6.33 Å². The van der Waals surface area contributed by atoms with Gasteiger partial charge in [0.25, 0.3) is 0 Å². The van der Waals surface area contributed by atoms with Gasteiger partial charge in [-0.05, 0) is 38.1 Å². The van der Waals surface area contributed by atoms with Crippen LogP contribution < -0.4 is 9.64 Å². The van der Waals surface area contributed by atoms with E-state index in [0.29, 0.717) is 19.7 Å². The predicted molar refractivity (Wildman–Crippen MR) is 124 cm³/mol. The second kappa shape index (κ2) is 10.6. The van der Waals surface area contributed by atoms with Crippen molar-refractivity contribution in [2.75, 3.05) is 71.0 Å². The largest absolute Gasteiger partial charge is 0.492 e. The van der Waals surface area contributed by atoms with Crippen LogP contribution in [0.2, 0.25) is 0 Å². The number of aliphatic hydroxyl groups is 1. The second-order valence-electron chi connectivity index (χ2n) is 9.03. The fraction of sp³-hybridized carbons (Fsp3) is 0.583. The molecule has 2 aliphatic rings. The van der Waals surface area contributed by atoms with Crippen LogP contribution in [0.15, 0.2) is 36.7 Å². The van der Waals surface area contributed by atoms with Crippen molar-refractivity contribution in [3.05, 3.63) is 47.9 Å². The second-order valence-corrected chi connectivity index (χ2v) is 9.03. The fourth-order valence-corrected chi connectivity index (χ4v) is 4.47. The summed E-state index contributed by atoms with van der Waals surface area (Å²) in [5, 5.41) is 11.1. The highest BCUT2D eigenvalue weighted by Crippen LogP contribution is 2.26. The monoisotopic (exact) mass is 441 g/mol. The summed E-state index contributed by atoms with van der Waals surface area (Å²) in [5.74, 6) is 1.79. The number of anilines is 1. The lowest BCUT2D eigenvalue weighted by Crippen LogP contribution is -2.43. The first-order chi connectivity index (χ1) is 15.5. The third-order valence-electron chi connectivity index (χ3n) is 6.17. The predicted octanol–water partition coefficient (Wildman–Crippen LogP) is 1.57. The van der Waals surface area contributed by atoms with Crippen molar-refractivity contribution < 1.29 is 14.6 Å². The molecule has 1 unspecified atom stereocenters. The molecule has 0 spiro atoms. The molecule has 1 aromatic heterocycles. The summed E-state index contributed by atoms with van der Waals surface area (Å²) in [5.41, 5.74) is 1.41. The van der Waals surface area contributed by atoms with Gasteiger partial charge >= 0.3 is 0 Å². The van der Waals surface area contributed by atoms with E-state index in [4.69, 9.17) is 9.47 Å². The van der Waals surface area contributed by atoms with Crippen LogP contribution in [-0.2, 0) is 11.3 Å². The number of ether oxygens (including phenoxy) is 2. The van der Waals surface area contributed by atoms with Crippen molar-refractivity contribution in [3.63, 3.8) is 0 Å². The van der Waals surface area contributed by atoms with Crippen LogP contribution in [0.4, 0.5) is 5.82 Å². The van der Waals surface area contributed by atoms with Gasteiger partial charge in [-0.3, -0.25) is 9.80 Å². The summed E-state index contributed by atoms with van der Waals surface area (Å²) < 4.78 is 11.3. The number of aromatic nitrogens is 2. The Bertz CT molecular complexity index is 859. The average Bonchev–Trinajstić information content (AvgIpc) is 3.17. The molecular formula is C24H35N5O3. The van der Waals surface area contributed by atoms with Crippen molar-refractivity contribution >= 4 is 5.82 Å². The molecule has 2 aromatic rings. The van der Waals surface area contributed by atoms with E-state index in [2.05, 4.69) is 43.8 Å². The smallest absolute Gasteiger partial charge is 0.132 e. The first-order valence-corrected chi connectivity index (χ1v) is 11.5. The molecule has 3 heterocycles. The number of aryl methyl sites for hydroxylation is 1. The quantitative estimate of drug-likeness (QED) is 0.629. The van der Waals surface area contributed by atoms with E-state index in [1.165, 1.54) is 5.56 Å². The normalized spacial score (nSPS) is 21.9. The van der Waals surface area contributed by atoms with Crippen LogP contribution >= 0.6 is 0 Å². The number of hydrogen-bond donors (Lipinski definition) is 1. The molecule has 8 nitrogen and oxygen atoms in total. The molecular weight excluding hydrogens is 406 g/mol. The molecule has 1 atom stereocenters. The number of β-amino-alcohol motifs (C(OH)–C–C–N with tert-alkyl or cyclic N) is 1. The maximum absolute atomic E-state index is 11.1. The minimum atomic E-state index is -0.740. The minimum Gasteiger partial charge on any atom is -0.492 e. The highest BCUT2D eigenvalue weighted by molar-refractivity contribution is 5.41. The van der Waals surface area contributed by atoms with E-state index < -0.39 is 5.60 Å². The molecule has 2 saturated heterocycles. The molecule has 0 amide bonds. The molecule has 174 valence electrons. The zero-order valence-corrected chi connectivity index (χ0v) is 19.2. The van der Waals surface area contributed by atoms with Gasteiger partial charge in [0.1, 0.15) is 24.5 Å². The van der Waals surface area contributed by atoms with Gasteiger partial charge in [-0.15, -0.1) is 0 Å². The minimum absolute atomic E-state index is 0.587. The van der Waals surface area contributed by atoms with Crippen molar-refractivity contribution in [1.82, 2.24) is 19.8 Å². The summed E-state index contributed by atoms with van der Waals surface area (Å²) in [6.07, 6.45) is 2.32. The molecule has 2 aliphatic heterocycles. The van der Waals surface area contributed by atoms with E-state index in [0.717, 1.165) is 69.6 Å². The Kier molecular flexibility index (Phi) is 7.57. The van der Waals surface area contributed by atoms with E-state index >= 15 is 0 Å². The lowest BCUT2D eigenvalue weighted by atomic mass is 10.0. The van der Waals surface area contributed by atoms with Crippen molar-refractivity contribution in [3.8, 4) is 5.75 Å². The molecule has 1 aromatic carbocycles. The van der Waals surface area contributed by atoms with E-state index in [1.807, 2.05) is 25.1 Å². The topological polar surface area (TPSA) is 74.2 Å². The first kappa shape index (κ1) is 22.9. The van der Waals surface area contributed by atoms with Gasteiger partial charge in [0.2, 0.25) is 0 Å². The Morgan fingerprint density at radius 2 is 1.94 bits per heavy atom. The van der Waals surface area contributed by atoms with Gasteiger partial charge < -0.3 is 19.5 Å². The Morgan fingerprint density at radius 3 is 2.69 bits per heavy atom. The zero-order valence-electron chi connectivity index (χ0n) is 19.2. The number of benzene rings is 1. The average molecular weight is 442 g/mol. The fourth-order valence-electron chi connectivity index (χ4n) is 4.47. The lowest BCUT2D eigenvalue weighted by molar-refractivity contribution is 0.0279. The van der Waals surface area contributed by atoms with Crippen LogP contribution in [0.25, 0.3) is 0 Å². The first-order valence-electron chi connectivity index (χ1n) is 11.5. The Labute approximate surface area is 190 Å². The van der Waals surface area contributed by atoms with Gasteiger partial charge in [0.05, 0.1) is 18.8 Å². The summed E-state index contributed by atoms with van der Waals surface area (Å²) in [6, 6.07) is 10.3. The zero-order chi connectivity index (χ0) is 22.4. The molecule has 0 bridgehead atoms. The molecule has 0 saturated carbocycles. The number of nitrogens with zero attached hydrogens (tertiary/aromatic N) is 5. The van der Waals surface area contributed by atoms with Gasteiger partial charge in [0.15, 0.2) is 0 Å². The van der Waals surface area contributed by atoms with Gasteiger partial charge in [-0.2, -0.15) is 0 Å². The van der Waals surface area contributed by atoms with Crippen LogP contribution in [0, 0.1) is 6.92 Å². The van der Waals surface area contributed by atoms with Crippen molar-refractivity contribution in [2.24, 2.45) is 0 Å². The van der Waals surface area contributed by atoms with Crippen LogP contribution in [0.1, 0.15) is 17.7 Å². The molecule has 4 rings (SSSR count). The van der Waals surface area contributed by atoms with Gasteiger partial charge in [-0.25, -0.2) is 9.97 Å². The standard InChI is InChI=1S/C24H35N5O3/c1-20-15-23(26-19-25-20)29-8-7-24(30,18-29)17-27(2)16-21-3-5-22(6-4-21)32-14-11-28-9-12-31-13-10-28/h3-6,15,19,30H,7-14,16-18H2,1-2H3. The number of hydrogen-bond acceptors (Lipinski definition) is 8. The molecule has 8 heteroatoms. The molecule has 32 heavy (non-hydrogen) atoms.